The van der Waals surface area contributed by atoms with Gasteiger partial charge in [-0.25, -0.2) is 4.39 Å². The van der Waals surface area contributed by atoms with E-state index in [0.717, 1.165) is 5.69 Å². The highest BCUT2D eigenvalue weighted by atomic mass is 19.1. The van der Waals surface area contributed by atoms with Crippen molar-refractivity contribution in [3.8, 4) is 0 Å². The van der Waals surface area contributed by atoms with Crippen molar-refractivity contribution in [3.63, 3.8) is 0 Å². The maximum absolute atomic E-state index is 13.0. The van der Waals surface area contributed by atoms with Crippen molar-refractivity contribution in [3.05, 3.63) is 65.0 Å². The summed E-state index contributed by atoms with van der Waals surface area (Å²) in [5, 5.41) is 3.21. The number of nitrogens with one attached hydrogen (secondary N) is 1. The van der Waals surface area contributed by atoms with Crippen LogP contribution in [0.3, 0.4) is 0 Å². The van der Waals surface area contributed by atoms with Crippen LogP contribution in [0.15, 0.2) is 42.5 Å². The van der Waals surface area contributed by atoms with Gasteiger partial charge >= 0.3 is 0 Å². The lowest BCUT2D eigenvalue weighted by Gasteiger charge is -2.08. The molecule has 0 aromatic heterocycles. The van der Waals surface area contributed by atoms with Crippen molar-refractivity contribution in [1.29, 1.82) is 0 Å². The molecule has 2 aromatic carbocycles. The van der Waals surface area contributed by atoms with Gasteiger partial charge in [0.25, 0.3) is 0 Å². The summed E-state index contributed by atoms with van der Waals surface area (Å²) in [6.07, 6.45) is 0. The monoisotopic (exact) mass is 229 g/mol. The zero-order valence-electron chi connectivity index (χ0n) is 10.1. The Morgan fingerprint density at radius 1 is 1.00 bits per heavy atom. The Hall–Kier alpha value is -1.83. The molecule has 0 unspecified atom stereocenters. The van der Waals surface area contributed by atoms with Gasteiger partial charge in [-0.1, -0.05) is 24.3 Å². The van der Waals surface area contributed by atoms with Gasteiger partial charge in [0.2, 0.25) is 0 Å². The Morgan fingerprint density at radius 3 is 2.53 bits per heavy atom. The van der Waals surface area contributed by atoms with Gasteiger partial charge in [0.05, 0.1) is 0 Å². The molecule has 88 valence electrons. The minimum atomic E-state index is -0.213. The third kappa shape index (κ3) is 3.06. The average molecular weight is 229 g/mol. The van der Waals surface area contributed by atoms with Crippen LogP contribution in [-0.4, -0.2) is 0 Å². The van der Waals surface area contributed by atoms with Crippen molar-refractivity contribution >= 4 is 5.69 Å². The third-order valence-corrected chi connectivity index (χ3v) is 2.89. The lowest BCUT2D eigenvalue weighted by molar-refractivity contribution is 0.628. The highest BCUT2D eigenvalue weighted by Crippen LogP contribution is 2.13. The van der Waals surface area contributed by atoms with E-state index in [4.69, 9.17) is 0 Å². The Balaban J connectivity index is 2.05. The van der Waals surface area contributed by atoms with E-state index in [-0.39, 0.29) is 5.82 Å². The van der Waals surface area contributed by atoms with Crippen molar-refractivity contribution in [2.75, 3.05) is 5.32 Å². The number of hydrogen-bond acceptors (Lipinski definition) is 1. The molecule has 0 fully saturated rings. The van der Waals surface area contributed by atoms with E-state index in [1.54, 1.807) is 6.07 Å². The molecule has 0 bridgehead atoms. The van der Waals surface area contributed by atoms with Gasteiger partial charge in [0, 0.05) is 12.2 Å². The van der Waals surface area contributed by atoms with Crippen LogP contribution in [0.2, 0.25) is 0 Å². The first-order valence-electron chi connectivity index (χ1n) is 5.71. The normalized spacial score (nSPS) is 10.3. The van der Waals surface area contributed by atoms with Crippen LogP contribution in [0.25, 0.3) is 0 Å². The second-order valence-electron chi connectivity index (χ2n) is 4.28. The maximum atomic E-state index is 13.0. The van der Waals surface area contributed by atoms with E-state index in [9.17, 15) is 4.39 Å². The number of rotatable bonds is 3. The summed E-state index contributed by atoms with van der Waals surface area (Å²) < 4.78 is 13.0. The minimum absolute atomic E-state index is 0.213. The molecule has 1 nitrogen and oxygen atoms in total. The molecular formula is C15H16FN. The van der Waals surface area contributed by atoms with E-state index in [1.165, 1.54) is 28.8 Å². The van der Waals surface area contributed by atoms with Crippen molar-refractivity contribution in [1.82, 2.24) is 0 Å². The lowest BCUT2D eigenvalue weighted by Crippen LogP contribution is -2.00. The van der Waals surface area contributed by atoms with E-state index in [0.29, 0.717) is 6.54 Å². The predicted octanol–water partition coefficient (Wildman–Crippen LogP) is 4.05. The van der Waals surface area contributed by atoms with Gasteiger partial charge in [0.15, 0.2) is 0 Å². The van der Waals surface area contributed by atoms with Crippen LogP contribution >= 0.6 is 0 Å². The molecule has 17 heavy (non-hydrogen) atoms. The molecule has 0 aliphatic carbocycles. The van der Waals surface area contributed by atoms with Gasteiger partial charge in [-0.3, -0.25) is 0 Å². The molecule has 0 amide bonds. The molecule has 0 saturated heterocycles. The summed E-state index contributed by atoms with van der Waals surface area (Å²) in [6, 6.07) is 12.9. The maximum Gasteiger partial charge on any atom is 0.125 e. The largest absolute Gasteiger partial charge is 0.381 e. The molecule has 2 heteroatoms. The Bertz CT molecular complexity index is 520. The quantitative estimate of drug-likeness (QED) is 0.837. The summed E-state index contributed by atoms with van der Waals surface area (Å²) in [7, 11) is 0. The topological polar surface area (TPSA) is 12.0 Å². The third-order valence-electron chi connectivity index (χ3n) is 2.89. The fourth-order valence-electron chi connectivity index (χ4n) is 1.72. The summed E-state index contributed by atoms with van der Waals surface area (Å²) in [6.45, 7) is 4.91. The first kappa shape index (κ1) is 11.6. The molecule has 2 aromatic rings. The number of anilines is 1. The van der Waals surface area contributed by atoms with E-state index in [1.807, 2.05) is 6.07 Å². The fourth-order valence-corrected chi connectivity index (χ4v) is 1.72. The van der Waals surface area contributed by atoms with Crippen LogP contribution < -0.4 is 5.32 Å². The molecule has 0 spiro atoms. The molecule has 2 rings (SSSR count). The van der Waals surface area contributed by atoms with Crippen LogP contribution in [-0.2, 0) is 6.54 Å². The van der Waals surface area contributed by atoms with Gasteiger partial charge in [-0.05, 0) is 48.7 Å². The zero-order chi connectivity index (χ0) is 12.3. The van der Waals surface area contributed by atoms with E-state index >= 15 is 0 Å². The molecule has 0 aliphatic heterocycles. The van der Waals surface area contributed by atoms with Crippen LogP contribution in [0, 0.1) is 19.7 Å². The van der Waals surface area contributed by atoms with Crippen molar-refractivity contribution in [2.24, 2.45) is 0 Å². The fraction of sp³-hybridized carbons (Fsp3) is 0.200. The van der Waals surface area contributed by atoms with Crippen molar-refractivity contribution < 1.29 is 4.39 Å². The van der Waals surface area contributed by atoms with Crippen molar-refractivity contribution in [2.45, 2.75) is 20.4 Å². The standard InChI is InChI=1S/C15H16FN/c1-11-6-7-13(8-12(11)2)10-17-15-5-3-4-14(16)9-15/h3-9,17H,10H2,1-2H3. The number of aryl methyl sites for hydroxylation is 2. The Labute approximate surface area is 101 Å². The summed E-state index contributed by atoms with van der Waals surface area (Å²) in [5.74, 6) is -0.213. The smallest absolute Gasteiger partial charge is 0.125 e. The predicted molar refractivity (Wildman–Crippen MR) is 69.6 cm³/mol. The minimum Gasteiger partial charge on any atom is -0.381 e. The molecule has 1 N–H and O–H groups in total. The van der Waals surface area contributed by atoms with Gasteiger partial charge < -0.3 is 5.32 Å². The second-order valence-corrected chi connectivity index (χ2v) is 4.28. The van der Waals surface area contributed by atoms with Gasteiger partial charge in [-0.15, -0.1) is 0 Å². The summed E-state index contributed by atoms with van der Waals surface area (Å²) in [4.78, 5) is 0. The summed E-state index contributed by atoms with van der Waals surface area (Å²) in [5.41, 5.74) is 4.59. The molecule has 0 atom stereocenters. The highest BCUT2D eigenvalue weighted by Gasteiger charge is 1.98. The lowest BCUT2D eigenvalue weighted by atomic mass is 10.1. The van der Waals surface area contributed by atoms with E-state index < -0.39 is 0 Å². The number of benzene rings is 2. The second kappa shape index (κ2) is 5.00. The van der Waals surface area contributed by atoms with Crippen LogP contribution in [0.5, 0.6) is 0 Å². The number of hydrogen-bond donors (Lipinski definition) is 1. The first-order valence-corrected chi connectivity index (χ1v) is 5.71. The van der Waals surface area contributed by atoms with Gasteiger partial charge in [-0.2, -0.15) is 0 Å². The number of halogens is 1. The first-order chi connectivity index (χ1) is 8.15. The SMILES string of the molecule is Cc1ccc(CNc2cccc(F)c2)cc1C. The van der Waals surface area contributed by atoms with Crippen LogP contribution in [0.1, 0.15) is 16.7 Å². The molecular weight excluding hydrogens is 213 g/mol. The van der Waals surface area contributed by atoms with Gasteiger partial charge in [0.1, 0.15) is 5.82 Å². The van der Waals surface area contributed by atoms with Crippen LogP contribution in [0.4, 0.5) is 10.1 Å². The molecule has 0 radical (unpaired) electrons. The molecule has 0 heterocycles. The zero-order valence-corrected chi connectivity index (χ0v) is 10.1. The average Bonchev–Trinajstić information content (AvgIpc) is 2.31. The molecule has 0 saturated carbocycles. The summed E-state index contributed by atoms with van der Waals surface area (Å²) >= 11 is 0. The Kier molecular flexibility index (Phi) is 3.43. The molecule has 0 aliphatic rings. The highest BCUT2D eigenvalue weighted by molar-refractivity contribution is 5.44. The van der Waals surface area contributed by atoms with E-state index in [2.05, 4.69) is 37.4 Å². The Morgan fingerprint density at radius 2 is 1.82 bits per heavy atom.